The molecule has 86 valence electrons. The van der Waals surface area contributed by atoms with Crippen LogP contribution in [0.15, 0.2) is 10.6 Å². The quantitative estimate of drug-likeness (QED) is 0.729. The van der Waals surface area contributed by atoms with Crippen LogP contribution < -0.4 is 5.32 Å². The second kappa shape index (κ2) is 5.28. The van der Waals surface area contributed by atoms with E-state index in [-0.39, 0.29) is 0 Å². The average molecular weight is 212 g/mol. The molecule has 1 aromatic rings. The van der Waals surface area contributed by atoms with Gasteiger partial charge < -0.3 is 14.5 Å². The summed E-state index contributed by atoms with van der Waals surface area (Å²) in [5.74, 6) is 1.53. The van der Waals surface area contributed by atoms with Gasteiger partial charge in [0.1, 0.15) is 5.60 Å². The number of methoxy groups -OCH3 is 1. The van der Waals surface area contributed by atoms with E-state index in [0.29, 0.717) is 0 Å². The molecule has 4 heteroatoms. The molecule has 1 aromatic heterocycles. The lowest BCUT2D eigenvalue weighted by molar-refractivity contribution is 0.000115. The number of nitrogens with one attached hydrogen (secondary N) is 1. The second-order valence-electron chi connectivity index (χ2n) is 3.94. The van der Waals surface area contributed by atoms with E-state index in [4.69, 9.17) is 9.15 Å². The molecule has 0 aliphatic rings. The number of aromatic nitrogens is 1. The van der Waals surface area contributed by atoms with E-state index in [1.165, 1.54) is 0 Å². The normalized spacial score (nSPS) is 12.0. The fourth-order valence-corrected chi connectivity index (χ4v) is 1.18. The summed E-state index contributed by atoms with van der Waals surface area (Å²) in [6.45, 7) is 7.86. The van der Waals surface area contributed by atoms with Crippen molar-refractivity contribution in [3.8, 4) is 0 Å². The molecule has 0 saturated heterocycles. The highest BCUT2D eigenvalue weighted by Crippen LogP contribution is 2.24. The third-order valence-electron chi connectivity index (χ3n) is 2.42. The maximum atomic E-state index is 5.61. The van der Waals surface area contributed by atoms with Crippen LogP contribution in [0.5, 0.6) is 0 Å². The number of hydrogen-bond acceptors (Lipinski definition) is 4. The maximum Gasteiger partial charge on any atom is 0.195 e. The zero-order valence-electron chi connectivity index (χ0n) is 9.96. The van der Waals surface area contributed by atoms with Crippen molar-refractivity contribution in [1.29, 1.82) is 0 Å². The molecule has 4 nitrogen and oxygen atoms in total. The molecule has 1 rings (SSSR count). The molecule has 1 heterocycles. The van der Waals surface area contributed by atoms with E-state index >= 15 is 0 Å². The molecule has 0 aliphatic carbocycles. The van der Waals surface area contributed by atoms with E-state index in [9.17, 15) is 0 Å². The average Bonchev–Trinajstić information content (AvgIpc) is 2.68. The molecule has 0 aromatic carbocycles. The largest absolute Gasteiger partial charge is 0.443 e. The SMILES string of the molecule is CCNCCc1ncc(C(C)(C)OC)o1. The van der Waals surface area contributed by atoms with Crippen molar-refractivity contribution in [2.45, 2.75) is 32.8 Å². The highest BCUT2D eigenvalue weighted by atomic mass is 16.5. The fraction of sp³-hybridized carbons (Fsp3) is 0.727. The number of rotatable bonds is 6. The van der Waals surface area contributed by atoms with Gasteiger partial charge in [-0.3, -0.25) is 0 Å². The van der Waals surface area contributed by atoms with Crippen LogP contribution in [0, 0.1) is 0 Å². The molecule has 0 aliphatic heterocycles. The lowest BCUT2D eigenvalue weighted by Crippen LogP contribution is -2.18. The van der Waals surface area contributed by atoms with Gasteiger partial charge in [-0.05, 0) is 20.4 Å². The van der Waals surface area contributed by atoms with Crippen LogP contribution in [0.3, 0.4) is 0 Å². The molecule has 0 fully saturated rings. The highest BCUT2D eigenvalue weighted by molar-refractivity contribution is 5.03. The summed E-state index contributed by atoms with van der Waals surface area (Å²) >= 11 is 0. The zero-order valence-corrected chi connectivity index (χ0v) is 9.96. The Bertz CT molecular complexity index is 295. The molecule has 0 saturated carbocycles. The monoisotopic (exact) mass is 212 g/mol. The highest BCUT2D eigenvalue weighted by Gasteiger charge is 2.24. The molecule has 0 radical (unpaired) electrons. The minimum atomic E-state index is -0.399. The maximum absolute atomic E-state index is 5.61. The summed E-state index contributed by atoms with van der Waals surface area (Å²) in [6, 6.07) is 0. The van der Waals surface area contributed by atoms with Crippen molar-refractivity contribution in [2.75, 3.05) is 20.2 Å². The van der Waals surface area contributed by atoms with E-state index in [1.54, 1.807) is 13.3 Å². The summed E-state index contributed by atoms with van der Waals surface area (Å²) in [5, 5.41) is 3.23. The standard InChI is InChI=1S/C11H20N2O2/c1-5-12-7-6-10-13-8-9(15-10)11(2,3)14-4/h8,12H,5-7H2,1-4H3. The van der Waals surface area contributed by atoms with Crippen molar-refractivity contribution in [1.82, 2.24) is 10.3 Å². The van der Waals surface area contributed by atoms with Gasteiger partial charge in [-0.15, -0.1) is 0 Å². The Balaban J connectivity index is 2.56. The van der Waals surface area contributed by atoms with Crippen LogP contribution >= 0.6 is 0 Å². The van der Waals surface area contributed by atoms with Crippen LogP contribution in [0.4, 0.5) is 0 Å². The van der Waals surface area contributed by atoms with E-state index in [0.717, 1.165) is 31.2 Å². The van der Waals surface area contributed by atoms with Gasteiger partial charge in [0.15, 0.2) is 11.7 Å². The Morgan fingerprint density at radius 3 is 2.87 bits per heavy atom. The van der Waals surface area contributed by atoms with Gasteiger partial charge in [-0.1, -0.05) is 6.92 Å². The Labute approximate surface area is 91.0 Å². The van der Waals surface area contributed by atoms with Gasteiger partial charge >= 0.3 is 0 Å². The molecular weight excluding hydrogens is 192 g/mol. The zero-order chi connectivity index (χ0) is 11.3. The van der Waals surface area contributed by atoms with Crippen molar-refractivity contribution >= 4 is 0 Å². The van der Waals surface area contributed by atoms with E-state index < -0.39 is 5.60 Å². The van der Waals surface area contributed by atoms with Gasteiger partial charge in [-0.25, -0.2) is 4.98 Å². The molecule has 0 bridgehead atoms. The summed E-state index contributed by atoms with van der Waals surface area (Å²) in [5.41, 5.74) is -0.399. The lowest BCUT2D eigenvalue weighted by atomic mass is 10.1. The first-order chi connectivity index (χ1) is 7.10. The van der Waals surface area contributed by atoms with Gasteiger partial charge in [0.05, 0.1) is 6.20 Å². The summed E-state index contributed by atoms with van der Waals surface area (Å²) < 4.78 is 10.9. The number of oxazole rings is 1. The molecular formula is C11H20N2O2. The van der Waals surface area contributed by atoms with Crippen LogP contribution in [-0.2, 0) is 16.8 Å². The van der Waals surface area contributed by atoms with Gasteiger partial charge in [0.25, 0.3) is 0 Å². The Morgan fingerprint density at radius 1 is 1.53 bits per heavy atom. The number of hydrogen-bond donors (Lipinski definition) is 1. The predicted molar refractivity (Wildman–Crippen MR) is 58.8 cm³/mol. The minimum Gasteiger partial charge on any atom is -0.443 e. The first kappa shape index (κ1) is 12.2. The smallest absolute Gasteiger partial charge is 0.195 e. The Morgan fingerprint density at radius 2 is 2.27 bits per heavy atom. The van der Waals surface area contributed by atoms with Crippen molar-refractivity contribution in [3.05, 3.63) is 17.8 Å². The number of likely N-dealkylation sites (N-methyl/N-ethyl adjacent to an activating group) is 1. The van der Waals surface area contributed by atoms with E-state index in [1.807, 2.05) is 13.8 Å². The second-order valence-corrected chi connectivity index (χ2v) is 3.94. The third-order valence-corrected chi connectivity index (χ3v) is 2.42. The van der Waals surface area contributed by atoms with Crippen molar-refractivity contribution in [2.24, 2.45) is 0 Å². The summed E-state index contributed by atoms with van der Waals surface area (Å²) in [6.07, 6.45) is 2.55. The fourth-order valence-electron chi connectivity index (χ4n) is 1.18. The molecule has 0 unspecified atom stereocenters. The molecule has 15 heavy (non-hydrogen) atoms. The van der Waals surface area contributed by atoms with Gasteiger partial charge in [0.2, 0.25) is 0 Å². The van der Waals surface area contributed by atoms with Crippen LogP contribution in [0.1, 0.15) is 32.4 Å². The predicted octanol–water partition coefficient (Wildman–Crippen LogP) is 1.71. The minimum absolute atomic E-state index is 0.399. The first-order valence-corrected chi connectivity index (χ1v) is 5.31. The molecule has 0 spiro atoms. The van der Waals surface area contributed by atoms with Crippen molar-refractivity contribution < 1.29 is 9.15 Å². The van der Waals surface area contributed by atoms with Crippen LogP contribution in [0.25, 0.3) is 0 Å². The van der Waals surface area contributed by atoms with Crippen molar-refractivity contribution in [3.63, 3.8) is 0 Å². The van der Waals surface area contributed by atoms with Crippen LogP contribution in [-0.4, -0.2) is 25.2 Å². The topological polar surface area (TPSA) is 47.3 Å². The molecule has 0 atom stereocenters. The van der Waals surface area contributed by atoms with E-state index in [2.05, 4.69) is 17.2 Å². The third kappa shape index (κ3) is 3.32. The molecule has 0 amide bonds. The Kier molecular flexibility index (Phi) is 4.29. The van der Waals surface area contributed by atoms with Crippen LogP contribution in [0.2, 0.25) is 0 Å². The summed E-state index contributed by atoms with van der Waals surface area (Å²) in [7, 11) is 1.67. The number of ether oxygens (including phenoxy) is 1. The number of nitrogens with zero attached hydrogens (tertiary/aromatic N) is 1. The Hall–Kier alpha value is -0.870. The van der Waals surface area contributed by atoms with Gasteiger partial charge in [-0.2, -0.15) is 0 Å². The lowest BCUT2D eigenvalue weighted by Gasteiger charge is -2.18. The van der Waals surface area contributed by atoms with Gasteiger partial charge in [0, 0.05) is 20.1 Å². The summed E-state index contributed by atoms with van der Waals surface area (Å²) in [4.78, 5) is 4.22. The molecule has 1 N–H and O–H groups in total. The first-order valence-electron chi connectivity index (χ1n) is 5.31.